The van der Waals surface area contributed by atoms with Crippen molar-refractivity contribution in [2.45, 2.75) is 26.3 Å². The molecule has 1 unspecified atom stereocenters. The lowest BCUT2D eigenvalue weighted by atomic mass is 10.2. The van der Waals surface area contributed by atoms with Crippen molar-refractivity contribution in [1.29, 1.82) is 0 Å². The highest BCUT2D eigenvalue weighted by Crippen LogP contribution is 2.24. The van der Waals surface area contributed by atoms with Crippen LogP contribution in [0.4, 0.5) is 17.5 Å². The summed E-state index contributed by atoms with van der Waals surface area (Å²) in [5.74, 6) is 1.46. The highest BCUT2D eigenvalue weighted by molar-refractivity contribution is 7.91. The van der Waals surface area contributed by atoms with Crippen molar-refractivity contribution in [3.8, 4) is 0 Å². The minimum absolute atomic E-state index is 0.0528. The topological polar surface area (TPSA) is 88.1 Å². The first-order valence-electron chi connectivity index (χ1n) is 7.98. The lowest BCUT2D eigenvalue weighted by Crippen LogP contribution is -2.37. The van der Waals surface area contributed by atoms with Crippen molar-refractivity contribution >= 4 is 27.3 Å². The van der Waals surface area contributed by atoms with E-state index in [0.717, 1.165) is 11.3 Å². The second-order valence-electron chi connectivity index (χ2n) is 5.92. The monoisotopic (exact) mass is 347 g/mol. The molecular weight excluding hydrogens is 326 g/mol. The predicted octanol–water partition coefficient (Wildman–Crippen LogP) is 1.94. The molecule has 1 aromatic carbocycles. The normalized spacial score (nSPS) is 19.2. The minimum atomic E-state index is -2.94. The number of para-hydroxylation sites is 1. The van der Waals surface area contributed by atoms with E-state index in [0.29, 0.717) is 24.7 Å². The van der Waals surface area contributed by atoms with Crippen molar-refractivity contribution in [3.05, 3.63) is 36.0 Å². The minimum Gasteiger partial charge on any atom is -0.351 e. The molecule has 8 heteroatoms. The van der Waals surface area contributed by atoms with Crippen LogP contribution in [0.5, 0.6) is 0 Å². The van der Waals surface area contributed by atoms with Gasteiger partial charge in [-0.1, -0.05) is 18.2 Å². The summed E-state index contributed by atoms with van der Waals surface area (Å²) in [7, 11) is -2.94. The molecule has 7 nitrogen and oxygen atoms in total. The lowest BCUT2D eigenvalue weighted by molar-refractivity contribution is 0.599. The first-order chi connectivity index (χ1) is 11.5. The molecule has 1 aliphatic rings. The third-order valence-corrected chi connectivity index (χ3v) is 5.97. The zero-order valence-electron chi connectivity index (χ0n) is 13.8. The van der Waals surface area contributed by atoms with Crippen LogP contribution in [0.15, 0.2) is 30.5 Å². The van der Waals surface area contributed by atoms with Gasteiger partial charge < -0.3 is 10.2 Å². The fourth-order valence-electron chi connectivity index (χ4n) is 2.95. The van der Waals surface area contributed by atoms with Crippen LogP contribution in [0.2, 0.25) is 0 Å². The maximum Gasteiger partial charge on any atom is 0.249 e. The van der Waals surface area contributed by atoms with Gasteiger partial charge in [0, 0.05) is 18.3 Å². The second-order valence-corrected chi connectivity index (χ2v) is 8.15. The zero-order valence-corrected chi connectivity index (χ0v) is 14.6. The van der Waals surface area contributed by atoms with E-state index in [4.69, 9.17) is 0 Å². The summed E-state index contributed by atoms with van der Waals surface area (Å²) in [4.78, 5) is 6.51. The van der Waals surface area contributed by atoms with Gasteiger partial charge in [0.15, 0.2) is 15.7 Å². The number of nitrogens with one attached hydrogen (secondary N) is 1. The summed E-state index contributed by atoms with van der Waals surface area (Å²) >= 11 is 0. The average Bonchev–Trinajstić information content (AvgIpc) is 2.91. The van der Waals surface area contributed by atoms with Crippen LogP contribution >= 0.6 is 0 Å². The third-order valence-electron chi connectivity index (χ3n) is 4.22. The van der Waals surface area contributed by atoms with Gasteiger partial charge in [0.05, 0.1) is 17.7 Å². The molecule has 2 heterocycles. The maximum absolute atomic E-state index is 11.8. The highest BCUT2D eigenvalue weighted by Gasteiger charge is 2.32. The molecule has 1 aromatic heterocycles. The van der Waals surface area contributed by atoms with Gasteiger partial charge in [-0.15, -0.1) is 5.10 Å². The van der Waals surface area contributed by atoms with E-state index in [2.05, 4.69) is 20.5 Å². The first kappa shape index (κ1) is 16.6. The molecular formula is C16H21N5O2S. The molecule has 0 spiro atoms. The van der Waals surface area contributed by atoms with Gasteiger partial charge >= 0.3 is 0 Å². The highest BCUT2D eigenvalue weighted by atomic mass is 32.2. The van der Waals surface area contributed by atoms with Crippen LogP contribution in [0.25, 0.3) is 0 Å². The number of nitrogens with zero attached hydrogens (tertiary/aromatic N) is 4. The van der Waals surface area contributed by atoms with Crippen LogP contribution in [-0.4, -0.2) is 47.7 Å². The van der Waals surface area contributed by atoms with E-state index in [1.165, 1.54) is 0 Å². The Labute approximate surface area is 142 Å². The molecule has 0 aliphatic carbocycles. The van der Waals surface area contributed by atoms with E-state index in [-0.39, 0.29) is 17.5 Å². The van der Waals surface area contributed by atoms with Crippen molar-refractivity contribution in [3.63, 3.8) is 0 Å². The number of rotatable bonds is 5. The largest absolute Gasteiger partial charge is 0.351 e. The molecule has 1 fully saturated rings. The Kier molecular flexibility index (Phi) is 4.66. The summed E-state index contributed by atoms with van der Waals surface area (Å²) in [5.41, 5.74) is 2.00. The van der Waals surface area contributed by atoms with Crippen LogP contribution in [0, 0.1) is 6.92 Å². The van der Waals surface area contributed by atoms with Crippen LogP contribution < -0.4 is 10.2 Å². The molecule has 128 valence electrons. The molecule has 0 saturated carbocycles. The Morgan fingerprint density at radius 1 is 1.33 bits per heavy atom. The van der Waals surface area contributed by atoms with Gasteiger partial charge in [0.25, 0.3) is 0 Å². The van der Waals surface area contributed by atoms with Gasteiger partial charge in [-0.05, 0) is 31.9 Å². The van der Waals surface area contributed by atoms with E-state index in [1.54, 1.807) is 6.20 Å². The number of hydrogen-bond acceptors (Lipinski definition) is 7. The standard InChI is InChI=1S/C16H21N5O2S/c1-3-21(13-8-9-24(22,23)11-13)15-10-17-20-16(19-15)18-14-7-5-4-6-12(14)2/h4-7,10,13H,3,8-9,11H2,1-2H3,(H,18,19,20). The number of anilines is 3. The first-order valence-corrected chi connectivity index (χ1v) is 9.80. The zero-order chi connectivity index (χ0) is 17.2. The van der Waals surface area contributed by atoms with Crippen LogP contribution in [0.1, 0.15) is 18.9 Å². The smallest absolute Gasteiger partial charge is 0.249 e. The Morgan fingerprint density at radius 3 is 2.79 bits per heavy atom. The van der Waals surface area contributed by atoms with Crippen molar-refractivity contribution in [1.82, 2.24) is 15.2 Å². The third kappa shape index (κ3) is 3.64. The Hall–Kier alpha value is -2.22. The molecule has 1 N–H and O–H groups in total. The van der Waals surface area contributed by atoms with E-state index in [1.807, 2.05) is 43.0 Å². The van der Waals surface area contributed by atoms with Gasteiger partial charge in [-0.2, -0.15) is 10.1 Å². The van der Waals surface area contributed by atoms with Crippen molar-refractivity contribution < 1.29 is 8.42 Å². The summed E-state index contributed by atoms with van der Waals surface area (Å²) in [6.45, 7) is 4.66. The Morgan fingerprint density at radius 2 is 2.12 bits per heavy atom. The number of benzene rings is 1. The molecule has 1 aliphatic heterocycles. The molecule has 0 amide bonds. The maximum atomic E-state index is 11.8. The molecule has 24 heavy (non-hydrogen) atoms. The molecule has 0 bridgehead atoms. The second kappa shape index (κ2) is 6.72. The molecule has 0 radical (unpaired) electrons. The fraction of sp³-hybridized carbons (Fsp3) is 0.438. The number of sulfone groups is 1. The SMILES string of the molecule is CCN(c1cnnc(Nc2ccccc2C)n1)C1CCS(=O)(=O)C1. The average molecular weight is 347 g/mol. The van der Waals surface area contributed by atoms with Gasteiger partial charge in [-0.3, -0.25) is 0 Å². The summed E-state index contributed by atoms with van der Waals surface area (Å²) in [6, 6.07) is 7.81. The molecule has 3 rings (SSSR count). The summed E-state index contributed by atoms with van der Waals surface area (Å²) in [5, 5.41) is 11.2. The lowest BCUT2D eigenvalue weighted by Gasteiger charge is -2.27. The number of aryl methyl sites for hydroxylation is 1. The van der Waals surface area contributed by atoms with Crippen molar-refractivity contribution in [2.24, 2.45) is 0 Å². The van der Waals surface area contributed by atoms with Gasteiger partial charge in [-0.25, -0.2) is 8.42 Å². The predicted molar refractivity (Wildman–Crippen MR) is 94.4 cm³/mol. The Bertz CT molecular complexity index is 825. The van der Waals surface area contributed by atoms with Gasteiger partial charge in [0.2, 0.25) is 5.95 Å². The van der Waals surface area contributed by atoms with Crippen LogP contribution in [-0.2, 0) is 9.84 Å². The van der Waals surface area contributed by atoms with E-state index in [9.17, 15) is 8.42 Å². The van der Waals surface area contributed by atoms with Crippen LogP contribution in [0.3, 0.4) is 0 Å². The quantitative estimate of drug-likeness (QED) is 0.884. The Balaban J connectivity index is 1.83. The molecule has 2 aromatic rings. The number of hydrogen-bond donors (Lipinski definition) is 1. The van der Waals surface area contributed by atoms with E-state index < -0.39 is 9.84 Å². The summed E-state index contributed by atoms with van der Waals surface area (Å²) in [6.07, 6.45) is 2.21. The summed E-state index contributed by atoms with van der Waals surface area (Å²) < 4.78 is 23.5. The fourth-order valence-corrected chi connectivity index (χ4v) is 4.68. The van der Waals surface area contributed by atoms with Gasteiger partial charge in [0.1, 0.15) is 0 Å². The molecule has 1 saturated heterocycles. The van der Waals surface area contributed by atoms with E-state index >= 15 is 0 Å². The van der Waals surface area contributed by atoms with Crippen molar-refractivity contribution in [2.75, 3.05) is 28.3 Å². The number of aromatic nitrogens is 3. The molecule has 1 atom stereocenters.